The number of aromatic amines is 2. The maximum Gasteiger partial charge on any atom is 0.325 e. The third kappa shape index (κ3) is 3.84. The zero-order valence-corrected chi connectivity index (χ0v) is 12.5. The van der Waals surface area contributed by atoms with Crippen molar-refractivity contribution in [2.75, 3.05) is 6.54 Å². The Morgan fingerprint density at radius 1 is 1.30 bits per heavy atom. The number of H-pyrrole nitrogens is 2. The van der Waals surface area contributed by atoms with Crippen LogP contribution in [0.3, 0.4) is 0 Å². The number of rotatable bonds is 6. The molecular weight excluding hydrogens is 306 g/mol. The van der Waals surface area contributed by atoms with Gasteiger partial charge < -0.3 is 15.6 Å². The molecule has 2 heterocycles. The van der Waals surface area contributed by atoms with E-state index in [0.29, 0.717) is 13.0 Å². The van der Waals surface area contributed by atoms with Gasteiger partial charge in [0, 0.05) is 19.3 Å². The van der Waals surface area contributed by atoms with Crippen molar-refractivity contribution in [1.82, 2.24) is 25.5 Å². The standard InChI is InChI=1S/C13H17N5O5/c1-2-3-18-11(21)8(16-13(18)23)4-9(19)14-5-7-6-15-12(22)17-10(7)20/h6,8H,2-5H2,1H3,(H,14,19)(H,16,23)(H2,15,17,20,22). The number of carbonyl (C=O) groups is 3. The molecule has 4 amide bonds. The van der Waals surface area contributed by atoms with E-state index in [1.165, 1.54) is 6.20 Å². The molecule has 1 aromatic rings. The molecule has 1 aromatic heterocycles. The maximum absolute atomic E-state index is 12.0. The molecule has 1 aliphatic rings. The van der Waals surface area contributed by atoms with Gasteiger partial charge in [-0.3, -0.25) is 24.3 Å². The van der Waals surface area contributed by atoms with E-state index in [2.05, 4.69) is 15.6 Å². The summed E-state index contributed by atoms with van der Waals surface area (Å²) in [5, 5.41) is 4.91. The van der Waals surface area contributed by atoms with Crippen LogP contribution < -0.4 is 21.9 Å². The second-order valence-electron chi connectivity index (χ2n) is 5.07. The summed E-state index contributed by atoms with van der Waals surface area (Å²) >= 11 is 0. The highest BCUT2D eigenvalue weighted by atomic mass is 16.2. The number of imide groups is 1. The lowest BCUT2D eigenvalue weighted by Gasteiger charge is -2.11. The monoisotopic (exact) mass is 323 g/mol. The molecule has 1 aliphatic heterocycles. The summed E-state index contributed by atoms with van der Waals surface area (Å²) in [6.45, 7) is 2.04. The minimum Gasteiger partial charge on any atom is -0.352 e. The summed E-state index contributed by atoms with van der Waals surface area (Å²) in [6, 6.07) is -1.41. The molecule has 0 radical (unpaired) electrons. The van der Waals surface area contributed by atoms with Gasteiger partial charge in [-0.05, 0) is 6.42 Å². The number of amides is 4. The third-order valence-electron chi connectivity index (χ3n) is 3.32. The van der Waals surface area contributed by atoms with Crippen LogP contribution in [0, 0.1) is 0 Å². The Morgan fingerprint density at radius 3 is 2.70 bits per heavy atom. The van der Waals surface area contributed by atoms with E-state index in [4.69, 9.17) is 0 Å². The van der Waals surface area contributed by atoms with Gasteiger partial charge in [-0.15, -0.1) is 0 Å². The first-order valence-electron chi connectivity index (χ1n) is 7.11. The minimum atomic E-state index is -0.900. The van der Waals surface area contributed by atoms with Gasteiger partial charge in [-0.25, -0.2) is 9.59 Å². The van der Waals surface area contributed by atoms with Crippen molar-refractivity contribution in [1.29, 1.82) is 0 Å². The van der Waals surface area contributed by atoms with Crippen molar-refractivity contribution in [2.45, 2.75) is 32.4 Å². The number of nitrogens with one attached hydrogen (secondary N) is 4. The number of carbonyl (C=O) groups excluding carboxylic acids is 3. The Morgan fingerprint density at radius 2 is 2.04 bits per heavy atom. The van der Waals surface area contributed by atoms with Crippen molar-refractivity contribution in [3.63, 3.8) is 0 Å². The highest BCUT2D eigenvalue weighted by Crippen LogP contribution is 2.09. The first-order chi connectivity index (χ1) is 10.9. The molecular formula is C13H17N5O5. The van der Waals surface area contributed by atoms with E-state index in [9.17, 15) is 24.0 Å². The third-order valence-corrected chi connectivity index (χ3v) is 3.32. The summed E-state index contributed by atoms with van der Waals surface area (Å²) in [5.41, 5.74) is -1.07. The average Bonchev–Trinajstić information content (AvgIpc) is 2.74. The lowest BCUT2D eigenvalue weighted by molar-refractivity contribution is -0.130. The molecule has 0 aromatic carbocycles. The second-order valence-corrected chi connectivity index (χ2v) is 5.07. The van der Waals surface area contributed by atoms with Crippen LogP contribution >= 0.6 is 0 Å². The average molecular weight is 323 g/mol. The van der Waals surface area contributed by atoms with Gasteiger partial charge in [0.05, 0.1) is 12.0 Å². The molecule has 23 heavy (non-hydrogen) atoms. The normalized spacial score (nSPS) is 17.3. The van der Waals surface area contributed by atoms with Gasteiger partial charge in [0.25, 0.3) is 11.5 Å². The molecule has 0 spiro atoms. The summed E-state index contributed by atoms with van der Waals surface area (Å²) in [4.78, 5) is 63.2. The SMILES string of the molecule is CCCN1C(=O)NC(CC(=O)NCc2c[nH]c(=O)[nH]c2=O)C1=O. The van der Waals surface area contributed by atoms with Crippen LogP contribution in [-0.4, -0.2) is 45.3 Å². The fourth-order valence-electron chi connectivity index (χ4n) is 2.17. The Kier molecular flexibility index (Phi) is 4.94. The van der Waals surface area contributed by atoms with Crippen LogP contribution in [0.25, 0.3) is 0 Å². The van der Waals surface area contributed by atoms with E-state index in [1.54, 1.807) is 0 Å². The quantitative estimate of drug-likeness (QED) is 0.466. The van der Waals surface area contributed by atoms with Gasteiger partial charge in [0.2, 0.25) is 5.91 Å². The topological polar surface area (TPSA) is 144 Å². The number of hydrogen-bond acceptors (Lipinski definition) is 5. The van der Waals surface area contributed by atoms with Crippen molar-refractivity contribution in [2.24, 2.45) is 0 Å². The molecule has 1 fully saturated rings. The van der Waals surface area contributed by atoms with E-state index in [-0.39, 0.29) is 18.5 Å². The molecule has 10 nitrogen and oxygen atoms in total. The van der Waals surface area contributed by atoms with Crippen molar-refractivity contribution in [3.05, 3.63) is 32.6 Å². The first-order valence-corrected chi connectivity index (χ1v) is 7.11. The Bertz CT molecular complexity index is 737. The zero-order chi connectivity index (χ0) is 17.0. The van der Waals surface area contributed by atoms with E-state index in [0.717, 1.165) is 4.90 Å². The van der Waals surface area contributed by atoms with Gasteiger partial charge >= 0.3 is 11.7 Å². The Balaban J connectivity index is 1.90. The van der Waals surface area contributed by atoms with Crippen molar-refractivity contribution < 1.29 is 14.4 Å². The van der Waals surface area contributed by atoms with Gasteiger partial charge in [-0.1, -0.05) is 6.92 Å². The molecule has 0 saturated carbocycles. The van der Waals surface area contributed by atoms with Crippen LogP contribution in [0.5, 0.6) is 0 Å². The Labute approximate surface area is 130 Å². The highest BCUT2D eigenvalue weighted by molar-refractivity contribution is 6.05. The molecule has 1 atom stereocenters. The van der Waals surface area contributed by atoms with E-state index < -0.39 is 35.1 Å². The number of nitrogens with zero attached hydrogens (tertiary/aromatic N) is 1. The fraction of sp³-hybridized carbons (Fsp3) is 0.462. The number of hydrogen-bond donors (Lipinski definition) is 4. The maximum atomic E-state index is 12.0. The number of urea groups is 1. The van der Waals surface area contributed by atoms with Gasteiger partial charge in [0.15, 0.2) is 0 Å². The van der Waals surface area contributed by atoms with Gasteiger partial charge in [-0.2, -0.15) is 0 Å². The van der Waals surface area contributed by atoms with Crippen LogP contribution in [0.4, 0.5) is 4.79 Å². The fourth-order valence-corrected chi connectivity index (χ4v) is 2.17. The molecule has 4 N–H and O–H groups in total. The minimum absolute atomic E-state index is 0.0987. The smallest absolute Gasteiger partial charge is 0.325 e. The predicted molar refractivity (Wildman–Crippen MR) is 78.5 cm³/mol. The van der Waals surface area contributed by atoms with Gasteiger partial charge in [0.1, 0.15) is 6.04 Å². The zero-order valence-electron chi connectivity index (χ0n) is 12.5. The van der Waals surface area contributed by atoms with E-state index in [1.807, 2.05) is 11.9 Å². The van der Waals surface area contributed by atoms with Crippen LogP contribution in [0.2, 0.25) is 0 Å². The summed E-state index contributed by atoms with van der Waals surface area (Å²) in [5.74, 6) is -0.929. The molecule has 10 heteroatoms. The molecule has 1 unspecified atom stereocenters. The highest BCUT2D eigenvalue weighted by Gasteiger charge is 2.38. The van der Waals surface area contributed by atoms with Crippen LogP contribution in [0.15, 0.2) is 15.8 Å². The van der Waals surface area contributed by atoms with Crippen LogP contribution in [0.1, 0.15) is 25.3 Å². The molecule has 124 valence electrons. The predicted octanol–water partition coefficient (Wildman–Crippen LogP) is -1.60. The summed E-state index contributed by atoms with van der Waals surface area (Å²) < 4.78 is 0. The van der Waals surface area contributed by atoms with Crippen molar-refractivity contribution in [3.8, 4) is 0 Å². The Hall–Kier alpha value is -2.91. The lowest BCUT2D eigenvalue weighted by Crippen LogP contribution is -2.37. The van der Waals surface area contributed by atoms with Crippen LogP contribution in [-0.2, 0) is 16.1 Å². The first kappa shape index (κ1) is 16.5. The summed E-state index contributed by atoms with van der Waals surface area (Å²) in [6.07, 6.45) is 1.62. The molecule has 1 saturated heterocycles. The molecule has 2 rings (SSSR count). The molecule has 0 bridgehead atoms. The summed E-state index contributed by atoms with van der Waals surface area (Å²) in [7, 11) is 0. The number of aromatic nitrogens is 2. The van der Waals surface area contributed by atoms with Crippen molar-refractivity contribution >= 4 is 17.8 Å². The second kappa shape index (κ2) is 6.90. The largest absolute Gasteiger partial charge is 0.352 e. The lowest BCUT2D eigenvalue weighted by atomic mass is 10.2. The molecule has 0 aliphatic carbocycles. The van der Waals surface area contributed by atoms with E-state index >= 15 is 0 Å².